The Kier molecular flexibility index (Phi) is 5.35. The zero-order valence-corrected chi connectivity index (χ0v) is 13.2. The van der Waals surface area contributed by atoms with Gasteiger partial charge in [0.25, 0.3) is 0 Å². The molecule has 5 heteroatoms. The van der Waals surface area contributed by atoms with E-state index in [-0.39, 0.29) is 0 Å². The molecule has 0 spiro atoms. The van der Waals surface area contributed by atoms with Crippen LogP contribution < -0.4 is 14.8 Å². The first kappa shape index (κ1) is 14.8. The van der Waals surface area contributed by atoms with Crippen LogP contribution in [0.4, 0.5) is 5.69 Å². The van der Waals surface area contributed by atoms with Gasteiger partial charge in [-0.1, -0.05) is 0 Å². The van der Waals surface area contributed by atoms with E-state index in [1.807, 2.05) is 44.2 Å². The van der Waals surface area contributed by atoms with E-state index in [9.17, 15) is 0 Å². The van der Waals surface area contributed by atoms with Crippen LogP contribution in [0.5, 0.6) is 11.5 Å². The first-order chi connectivity index (χ1) is 9.72. The first-order valence-electron chi connectivity index (χ1n) is 6.60. The highest BCUT2D eigenvalue weighted by molar-refractivity contribution is 9.10. The monoisotopic (exact) mass is 339 g/mol. The number of halogens is 1. The van der Waals surface area contributed by atoms with Crippen LogP contribution >= 0.6 is 15.9 Å². The zero-order valence-electron chi connectivity index (χ0n) is 11.6. The van der Waals surface area contributed by atoms with E-state index in [1.54, 1.807) is 0 Å². The second-order valence-electron chi connectivity index (χ2n) is 4.08. The summed E-state index contributed by atoms with van der Waals surface area (Å²) in [5, 5.41) is 3.31. The molecule has 0 unspecified atom stereocenters. The van der Waals surface area contributed by atoms with Crippen molar-refractivity contribution in [2.45, 2.75) is 20.4 Å². The lowest BCUT2D eigenvalue weighted by atomic mass is 10.2. The number of rotatable bonds is 7. The van der Waals surface area contributed by atoms with Gasteiger partial charge in [0.2, 0.25) is 0 Å². The van der Waals surface area contributed by atoms with Gasteiger partial charge in [-0.3, -0.25) is 0 Å². The van der Waals surface area contributed by atoms with Crippen LogP contribution in [0.3, 0.4) is 0 Å². The quantitative estimate of drug-likeness (QED) is 0.809. The number of ether oxygens (including phenoxy) is 2. The SMILES string of the molecule is CCOc1ccc(OCC)c(NCc2ccc(Br)o2)c1. The van der Waals surface area contributed by atoms with Crippen molar-refractivity contribution in [1.82, 2.24) is 0 Å². The van der Waals surface area contributed by atoms with E-state index in [2.05, 4.69) is 21.2 Å². The molecule has 0 amide bonds. The lowest BCUT2D eigenvalue weighted by Crippen LogP contribution is -2.03. The number of hydrogen-bond acceptors (Lipinski definition) is 4. The maximum absolute atomic E-state index is 5.61. The van der Waals surface area contributed by atoms with Crippen LogP contribution in [-0.2, 0) is 6.54 Å². The molecule has 0 atom stereocenters. The van der Waals surface area contributed by atoms with Crippen molar-refractivity contribution in [1.29, 1.82) is 0 Å². The van der Waals surface area contributed by atoms with E-state index in [0.717, 1.165) is 27.6 Å². The van der Waals surface area contributed by atoms with Crippen molar-refractivity contribution >= 4 is 21.6 Å². The second kappa shape index (κ2) is 7.24. The molecule has 0 aliphatic heterocycles. The average Bonchev–Trinajstić information content (AvgIpc) is 2.85. The predicted molar refractivity (Wildman–Crippen MR) is 82.5 cm³/mol. The van der Waals surface area contributed by atoms with Crippen molar-refractivity contribution in [3.05, 3.63) is 40.8 Å². The molecule has 0 saturated carbocycles. The second-order valence-corrected chi connectivity index (χ2v) is 4.86. The highest BCUT2D eigenvalue weighted by Gasteiger charge is 2.07. The summed E-state index contributed by atoms with van der Waals surface area (Å²) < 4.78 is 17.3. The molecule has 0 bridgehead atoms. The number of benzene rings is 1. The maximum Gasteiger partial charge on any atom is 0.169 e. The standard InChI is InChI=1S/C15H18BrNO3/c1-3-18-11-5-7-14(19-4-2)13(9-11)17-10-12-6-8-15(16)20-12/h5-9,17H,3-4,10H2,1-2H3. The lowest BCUT2D eigenvalue weighted by molar-refractivity contribution is 0.331. The first-order valence-corrected chi connectivity index (χ1v) is 7.40. The number of hydrogen-bond donors (Lipinski definition) is 1. The van der Waals surface area contributed by atoms with Gasteiger partial charge in [0.05, 0.1) is 25.4 Å². The molecule has 4 nitrogen and oxygen atoms in total. The van der Waals surface area contributed by atoms with Crippen molar-refractivity contribution in [3.8, 4) is 11.5 Å². The van der Waals surface area contributed by atoms with Crippen LogP contribution in [0, 0.1) is 0 Å². The summed E-state index contributed by atoms with van der Waals surface area (Å²) in [6.45, 7) is 5.77. The van der Waals surface area contributed by atoms with Crippen LogP contribution in [0.15, 0.2) is 39.4 Å². The summed E-state index contributed by atoms with van der Waals surface area (Å²) in [6.07, 6.45) is 0. The van der Waals surface area contributed by atoms with E-state index in [0.29, 0.717) is 19.8 Å². The Morgan fingerprint density at radius 1 is 1.10 bits per heavy atom. The summed E-state index contributed by atoms with van der Waals surface area (Å²) >= 11 is 3.29. The minimum Gasteiger partial charge on any atom is -0.494 e. The molecule has 1 N–H and O–H groups in total. The molecule has 108 valence electrons. The Bertz CT molecular complexity index is 554. The number of furan rings is 1. The van der Waals surface area contributed by atoms with E-state index in [1.165, 1.54) is 0 Å². The summed E-state index contributed by atoms with van der Waals surface area (Å²) in [4.78, 5) is 0. The van der Waals surface area contributed by atoms with Crippen molar-refractivity contribution in [2.75, 3.05) is 18.5 Å². The topological polar surface area (TPSA) is 43.6 Å². The molecule has 0 fully saturated rings. The molecule has 1 heterocycles. The molecule has 2 rings (SSSR count). The van der Waals surface area contributed by atoms with Crippen LogP contribution in [0.1, 0.15) is 19.6 Å². The third-order valence-corrected chi connectivity index (χ3v) is 3.07. The van der Waals surface area contributed by atoms with Crippen molar-refractivity contribution < 1.29 is 13.9 Å². The third kappa shape index (κ3) is 3.93. The van der Waals surface area contributed by atoms with Crippen molar-refractivity contribution in [3.63, 3.8) is 0 Å². The molecule has 20 heavy (non-hydrogen) atoms. The van der Waals surface area contributed by atoms with Gasteiger partial charge in [0.15, 0.2) is 4.67 Å². The van der Waals surface area contributed by atoms with Crippen LogP contribution in [0.2, 0.25) is 0 Å². The summed E-state index contributed by atoms with van der Waals surface area (Å²) in [6, 6.07) is 9.55. The van der Waals surface area contributed by atoms with Gasteiger partial charge in [-0.05, 0) is 54.0 Å². The summed E-state index contributed by atoms with van der Waals surface area (Å²) in [5.41, 5.74) is 0.894. The van der Waals surface area contributed by atoms with Crippen molar-refractivity contribution in [2.24, 2.45) is 0 Å². The minimum absolute atomic E-state index is 0.585. The molecule has 1 aromatic heterocycles. The number of nitrogens with one attached hydrogen (secondary N) is 1. The fourth-order valence-corrected chi connectivity index (χ4v) is 2.15. The Morgan fingerprint density at radius 2 is 1.90 bits per heavy atom. The molecule has 0 aliphatic rings. The Hall–Kier alpha value is -1.62. The lowest BCUT2D eigenvalue weighted by Gasteiger charge is -2.13. The largest absolute Gasteiger partial charge is 0.494 e. The van der Waals surface area contributed by atoms with Gasteiger partial charge in [0.1, 0.15) is 17.3 Å². The fourth-order valence-electron chi connectivity index (χ4n) is 1.81. The van der Waals surface area contributed by atoms with E-state index < -0.39 is 0 Å². The Labute approximate surface area is 127 Å². The fraction of sp³-hybridized carbons (Fsp3) is 0.333. The maximum atomic E-state index is 5.61. The smallest absolute Gasteiger partial charge is 0.169 e. The molecule has 0 saturated heterocycles. The normalized spacial score (nSPS) is 10.3. The van der Waals surface area contributed by atoms with Crippen LogP contribution in [-0.4, -0.2) is 13.2 Å². The van der Waals surface area contributed by atoms with Gasteiger partial charge >= 0.3 is 0 Å². The number of anilines is 1. The van der Waals surface area contributed by atoms with Gasteiger partial charge < -0.3 is 19.2 Å². The highest BCUT2D eigenvalue weighted by Crippen LogP contribution is 2.30. The highest BCUT2D eigenvalue weighted by atomic mass is 79.9. The molecule has 0 radical (unpaired) electrons. The third-order valence-electron chi connectivity index (χ3n) is 2.64. The van der Waals surface area contributed by atoms with Gasteiger partial charge in [0, 0.05) is 6.07 Å². The zero-order chi connectivity index (χ0) is 14.4. The Morgan fingerprint density at radius 3 is 2.55 bits per heavy atom. The Balaban J connectivity index is 2.11. The summed E-state index contributed by atoms with van der Waals surface area (Å²) in [5.74, 6) is 2.47. The van der Waals surface area contributed by atoms with E-state index in [4.69, 9.17) is 13.9 Å². The van der Waals surface area contributed by atoms with Gasteiger partial charge in [-0.15, -0.1) is 0 Å². The van der Waals surface area contributed by atoms with Crippen LogP contribution in [0.25, 0.3) is 0 Å². The van der Waals surface area contributed by atoms with Gasteiger partial charge in [-0.2, -0.15) is 0 Å². The molecule has 2 aromatic rings. The molecule has 0 aliphatic carbocycles. The molecular formula is C15H18BrNO3. The molecule has 1 aromatic carbocycles. The average molecular weight is 340 g/mol. The minimum atomic E-state index is 0.585. The van der Waals surface area contributed by atoms with E-state index >= 15 is 0 Å². The summed E-state index contributed by atoms with van der Waals surface area (Å²) in [7, 11) is 0. The van der Waals surface area contributed by atoms with Gasteiger partial charge in [-0.25, -0.2) is 0 Å². The molecular weight excluding hydrogens is 322 g/mol. The predicted octanol–water partition coefficient (Wildman–Crippen LogP) is 4.45.